The lowest BCUT2D eigenvalue weighted by molar-refractivity contribution is 0.303. The molecule has 0 aliphatic heterocycles. The van der Waals surface area contributed by atoms with Crippen LogP contribution >= 0.6 is 11.6 Å². The minimum absolute atomic E-state index is 0.564. The third-order valence-corrected chi connectivity index (χ3v) is 2.64. The Morgan fingerprint density at radius 3 is 2.44 bits per heavy atom. The molecule has 1 heterocycles. The van der Waals surface area contributed by atoms with Gasteiger partial charge in [-0.2, -0.15) is 0 Å². The van der Waals surface area contributed by atoms with Crippen molar-refractivity contribution in [2.24, 2.45) is 0 Å². The molecule has 0 amide bonds. The number of nitrogens with one attached hydrogen (secondary N) is 1. The number of hydrogen-bond donors (Lipinski definition) is 1. The minimum Gasteiger partial charge on any atom is -0.354 e. The van der Waals surface area contributed by atoms with Crippen LogP contribution in [0.2, 0.25) is 5.02 Å². The summed E-state index contributed by atoms with van der Waals surface area (Å²) < 4.78 is 0. The second kappa shape index (κ2) is 7.41. The van der Waals surface area contributed by atoms with Gasteiger partial charge in [-0.15, -0.1) is 0 Å². The molecular weight excluding hydrogens is 224 g/mol. The Kier molecular flexibility index (Phi) is 6.11. The average molecular weight is 243 g/mol. The highest BCUT2D eigenvalue weighted by Crippen LogP contribution is 2.05. The van der Waals surface area contributed by atoms with E-state index in [1.165, 1.54) is 0 Å². The highest BCUT2D eigenvalue weighted by atomic mass is 35.5. The largest absolute Gasteiger partial charge is 0.354 e. The number of hydrogen-bond acceptors (Lipinski definition) is 4. The van der Waals surface area contributed by atoms with Gasteiger partial charge in [-0.25, -0.2) is 9.97 Å². The van der Waals surface area contributed by atoms with E-state index in [9.17, 15) is 0 Å². The molecule has 0 saturated heterocycles. The Bertz CT molecular complexity index is 285. The molecule has 0 atom stereocenters. The Hall–Kier alpha value is -0.870. The number of rotatable bonds is 7. The first kappa shape index (κ1) is 13.2. The molecule has 0 aliphatic rings. The Morgan fingerprint density at radius 2 is 1.88 bits per heavy atom. The summed E-state index contributed by atoms with van der Waals surface area (Å²) in [5, 5.41) is 3.73. The van der Waals surface area contributed by atoms with Crippen molar-refractivity contribution in [3.05, 3.63) is 17.4 Å². The predicted molar refractivity (Wildman–Crippen MR) is 67.9 cm³/mol. The molecule has 0 fully saturated rings. The summed E-state index contributed by atoms with van der Waals surface area (Å²) >= 11 is 5.69. The maximum atomic E-state index is 5.69. The summed E-state index contributed by atoms with van der Waals surface area (Å²) in [5.41, 5.74) is 0. The van der Waals surface area contributed by atoms with Crippen LogP contribution in [0.1, 0.15) is 20.3 Å². The van der Waals surface area contributed by atoms with Crippen LogP contribution in [0.25, 0.3) is 0 Å². The van der Waals surface area contributed by atoms with Crippen LogP contribution in [0.3, 0.4) is 0 Å². The molecule has 90 valence electrons. The maximum absolute atomic E-state index is 5.69. The lowest BCUT2D eigenvalue weighted by Crippen LogP contribution is -2.25. The highest BCUT2D eigenvalue weighted by molar-refractivity contribution is 6.30. The molecule has 1 rings (SSSR count). The second-order valence-corrected chi connectivity index (χ2v) is 3.97. The average Bonchev–Trinajstić information content (AvgIpc) is 2.32. The van der Waals surface area contributed by atoms with Gasteiger partial charge in [0.05, 0.1) is 17.4 Å². The number of anilines is 1. The SMILES string of the molecule is CCN(CC)CCCNc1ncc(Cl)cn1. The monoisotopic (exact) mass is 242 g/mol. The summed E-state index contributed by atoms with van der Waals surface area (Å²) in [7, 11) is 0. The van der Waals surface area contributed by atoms with Crippen molar-refractivity contribution in [3.8, 4) is 0 Å². The first-order valence-electron chi connectivity index (χ1n) is 5.70. The topological polar surface area (TPSA) is 41.0 Å². The molecule has 0 radical (unpaired) electrons. The standard InChI is InChI=1S/C11H19ClN4/c1-3-16(4-2)7-5-6-13-11-14-8-10(12)9-15-11/h8-9H,3-7H2,1-2H3,(H,13,14,15). The lowest BCUT2D eigenvalue weighted by Gasteiger charge is -2.17. The molecule has 1 N–H and O–H groups in total. The zero-order chi connectivity index (χ0) is 11.8. The van der Waals surface area contributed by atoms with Crippen molar-refractivity contribution in [1.82, 2.24) is 14.9 Å². The molecule has 5 heteroatoms. The van der Waals surface area contributed by atoms with Crippen LogP contribution in [-0.2, 0) is 0 Å². The van der Waals surface area contributed by atoms with Gasteiger partial charge in [0, 0.05) is 6.54 Å². The first-order chi connectivity index (χ1) is 7.76. The molecule has 0 aromatic carbocycles. The predicted octanol–water partition coefficient (Wildman–Crippen LogP) is 2.27. The van der Waals surface area contributed by atoms with Crippen molar-refractivity contribution < 1.29 is 0 Å². The van der Waals surface area contributed by atoms with Gasteiger partial charge in [-0.3, -0.25) is 0 Å². The molecule has 1 aromatic heterocycles. The van der Waals surface area contributed by atoms with Gasteiger partial charge in [0.15, 0.2) is 0 Å². The van der Waals surface area contributed by atoms with Gasteiger partial charge in [-0.05, 0) is 26.1 Å². The normalized spacial score (nSPS) is 10.8. The number of aromatic nitrogens is 2. The van der Waals surface area contributed by atoms with E-state index in [0.717, 1.165) is 32.6 Å². The Balaban J connectivity index is 2.18. The van der Waals surface area contributed by atoms with Crippen LogP contribution in [0.4, 0.5) is 5.95 Å². The molecule has 0 unspecified atom stereocenters. The van der Waals surface area contributed by atoms with E-state index in [1.807, 2.05) is 0 Å². The Morgan fingerprint density at radius 1 is 1.25 bits per heavy atom. The fraction of sp³-hybridized carbons (Fsp3) is 0.636. The van der Waals surface area contributed by atoms with Crippen LogP contribution in [0, 0.1) is 0 Å². The van der Waals surface area contributed by atoms with Crippen molar-refractivity contribution in [3.63, 3.8) is 0 Å². The van der Waals surface area contributed by atoms with Gasteiger partial charge >= 0.3 is 0 Å². The molecule has 0 saturated carbocycles. The summed E-state index contributed by atoms with van der Waals surface area (Å²) in [5.74, 6) is 0.643. The number of nitrogens with zero attached hydrogens (tertiary/aromatic N) is 3. The molecule has 4 nitrogen and oxygen atoms in total. The van der Waals surface area contributed by atoms with Gasteiger partial charge in [-0.1, -0.05) is 25.4 Å². The van der Waals surface area contributed by atoms with Gasteiger partial charge in [0.2, 0.25) is 5.95 Å². The van der Waals surface area contributed by atoms with Gasteiger partial charge < -0.3 is 10.2 Å². The van der Waals surface area contributed by atoms with Crippen LogP contribution < -0.4 is 5.32 Å². The smallest absolute Gasteiger partial charge is 0.222 e. The molecular formula is C11H19ClN4. The van der Waals surface area contributed by atoms with Gasteiger partial charge in [0.25, 0.3) is 0 Å². The zero-order valence-electron chi connectivity index (χ0n) is 9.91. The van der Waals surface area contributed by atoms with Crippen LogP contribution in [-0.4, -0.2) is 41.0 Å². The minimum atomic E-state index is 0.564. The fourth-order valence-corrected chi connectivity index (χ4v) is 1.54. The molecule has 16 heavy (non-hydrogen) atoms. The molecule has 0 bridgehead atoms. The highest BCUT2D eigenvalue weighted by Gasteiger charge is 1.99. The fourth-order valence-electron chi connectivity index (χ4n) is 1.45. The Labute approximate surface area is 102 Å². The van der Waals surface area contributed by atoms with E-state index >= 15 is 0 Å². The first-order valence-corrected chi connectivity index (χ1v) is 6.07. The summed E-state index contributed by atoms with van der Waals surface area (Å²) in [6.45, 7) is 8.56. The maximum Gasteiger partial charge on any atom is 0.222 e. The van der Waals surface area contributed by atoms with Crippen molar-refractivity contribution in [1.29, 1.82) is 0 Å². The molecule has 0 spiro atoms. The zero-order valence-corrected chi connectivity index (χ0v) is 10.7. The van der Waals surface area contributed by atoms with Crippen molar-refractivity contribution in [2.75, 3.05) is 31.5 Å². The third-order valence-electron chi connectivity index (χ3n) is 2.45. The third kappa shape index (κ3) is 4.77. The van der Waals surface area contributed by atoms with Gasteiger partial charge in [0.1, 0.15) is 0 Å². The van der Waals surface area contributed by atoms with E-state index in [4.69, 9.17) is 11.6 Å². The van der Waals surface area contributed by atoms with Crippen LogP contribution in [0.15, 0.2) is 12.4 Å². The van der Waals surface area contributed by atoms with Crippen LogP contribution in [0.5, 0.6) is 0 Å². The molecule has 1 aromatic rings. The molecule has 0 aliphatic carbocycles. The number of halogens is 1. The summed E-state index contributed by atoms with van der Waals surface area (Å²) in [6, 6.07) is 0. The van der Waals surface area contributed by atoms with E-state index in [1.54, 1.807) is 12.4 Å². The second-order valence-electron chi connectivity index (χ2n) is 3.53. The van der Waals surface area contributed by atoms with Crippen molar-refractivity contribution >= 4 is 17.5 Å². The van der Waals surface area contributed by atoms with E-state index < -0.39 is 0 Å². The summed E-state index contributed by atoms with van der Waals surface area (Å²) in [4.78, 5) is 10.5. The van der Waals surface area contributed by atoms with Crippen molar-refractivity contribution in [2.45, 2.75) is 20.3 Å². The van der Waals surface area contributed by atoms with E-state index in [-0.39, 0.29) is 0 Å². The lowest BCUT2D eigenvalue weighted by atomic mass is 10.3. The van der Waals surface area contributed by atoms with E-state index in [0.29, 0.717) is 11.0 Å². The van der Waals surface area contributed by atoms with E-state index in [2.05, 4.69) is 34.0 Å². The summed E-state index contributed by atoms with van der Waals surface area (Å²) in [6.07, 6.45) is 4.29. The quantitative estimate of drug-likeness (QED) is 0.745.